The Morgan fingerprint density at radius 3 is 2.79 bits per heavy atom. The van der Waals surface area contributed by atoms with Crippen LogP contribution in [-0.4, -0.2) is 17.6 Å². The standard InChI is InChI=1S/C17H28N2/c1-2-18-17(14-16-10-6-7-13-19-16)12-11-15-8-4-3-5-9-15/h6-7,10,13,15,17-18H,2-5,8-9,11-12,14H2,1H3. The second-order valence-corrected chi connectivity index (χ2v) is 5.86. The third-order valence-electron chi connectivity index (χ3n) is 4.32. The molecule has 2 heteroatoms. The van der Waals surface area contributed by atoms with Gasteiger partial charge in [0.15, 0.2) is 0 Å². The molecular formula is C17H28N2. The van der Waals surface area contributed by atoms with Crippen LogP contribution in [-0.2, 0) is 6.42 Å². The topological polar surface area (TPSA) is 24.9 Å². The largest absolute Gasteiger partial charge is 0.314 e. The Morgan fingerprint density at radius 1 is 1.26 bits per heavy atom. The molecule has 1 saturated carbocycles. The van der Waals surface area contributed by atoms with E-state index in [1.54, 1.807) is 0 Å². The van der Waals surface area contributed by atoms with Gasteiger partial charge < -0.3 is 5.32 Å². The molecule has 0 radical (unpaired) electrons. The zero-order valence-electron chi connectivity index (χ0n) is 12.3. The number of likely N-dealkylation sites (N-methyl/N-ethyl adjacent to an activating group) is 1. The van der Waals surface area contributed by atoms with Crippen molar-refractivity contribution in [2.24, 2.45) is 5.92 Å². The highest BCUT2D eigenvalue weighted by Crippen LogP contribution is 2.28. The van der Waals surface area contributed by atoms with Crippen LogP contribution in [0.5, 0.6) is 0 Å². The van der Waals surface area contributed by atoms with Crippen LogP contribution in [0, 0.1) is 5.92 Å². The third kappa shape index (κ3) is 5.32. The first kappa shape index (κ1) is 14.5. The van der Waals surface area contributed by atoms with Gasteiger partial charge in [-0.2, -0.15) is 0 Å². The molecule has 0 aromatic carbocycles. The van der Waals surface area contributed by atoms with E-state index in [1.807, 2.05) is 12.3 Å². The summed E-state index contributed by atoms with van der Waals surface area (Å²) in [7, 11) is 0. The summed E-state index contributed by atoms with van der Waals surface area (Å²) < 4.78 is 0. The maximum Gasteiger partial charge on any atom is 0.0419 e. The van der Waals surface area contributed by atoms with Gasteiger partial charge >= 0.3 is 0 Å². The molecule has 1 aromatic rings. The van der Waals surface area contributed by atoms with E-state index < -0.39 is 0 Å². The molecule has 1 N–H and O–H groups in total. The summed E-state index contributed by atoms with van der Waals surface area (Å²) in [5.74, 6) is 0.985. The predicted molar refractivity (Wildman–Crippen MR) is 81.2 cm³/mol. The van der Waals surface area contributed by atoms with Crippen LogP contribution in [0.25, 0.3) is 0 Å². The molecule has 1 aromatic heterocycles. The average Bonchev–Trinajstić information content (AvgIpc) is 2.47. The Morgan fingerprint density at radius 2 is 2.11 bits per heavy atom. The van der Waals surface area contributed by atoms with Crippen molar-refractivity contribution in [3.05, 3.63) is 30.1 Å². The van der Waals surface area contributed by atoms with Gasteiger partial charge in [-0.25, -0.2) is 0 Å². The van der Waals surface area contributed by atoms with Crippen molar-refractivity contribution in [1.29, 1.82) is 0 Å². The van der Waals surface area contributed by atoms with Crippen LogP contribution < -0.4 is 5.32 Å². The lowest BCUT2D eigenvalue weighted by molar-refractivity contribution is 0.313. The van der Waals surface area contributed by atoms with E-state index >= 15 is 0 Å². The first-order valence-electron chi connectivity index (χ1n) is 8.01. The molecule has 0 bridgehead atoms. The number of hydrogen-bond donors (Lipinski definition) is 1. The second-order valence-electron chi connectivity index (χ2n) is 5.86. The van der Waals surface area contributed by atoms with Gasteiger partial charge in [0.2, 0.25) is 0 Å². The molecule has 1 aliphatic carbocycles. The van der Waals surface area contributed by atoms with Crippen LogP contribution >= 0.6 is 0 Å². The van der Waals surface area contributed by atoms with Gasteiger partial charge in [0, 0.05) is 24.4 Å². The van der Waals surface area contributed by atoms with Crippen LogP contribution in [0.15, 0.2) is 24.4 Å². The minimum absolute atomic E-state index is 0.599. The molecule has 0 spiro atoms. The van der Waals surface area contributed by atoms with Gasteiger partial charge in [0.05, 0.1) is 0 Å². The Labute approximate surface area is 118 Å². The molecule has 1 heterocycles. The Balaban J connectivity index is 1.78. The summed E-state index contributed by atoms with van der Waals surface area (Å²) in [6, 6.07) is 6.83. The van der Waals surface area contributed by atoms with Crippen molar-refractivity contribution >= 4 is 0 Å². The monoisotopic (exact) mass is 260 g/mol. The van der Waals surface area contributed by atoms with E-state index in [1.165, 1.54) is 50.6 Å². The fourth-order valence-electron chi connectivity index (χ4n) is 3.25. The molecule has 0 saturated heterocycles. The van der Waals surface area contributed by atoms with Crippen LogP contribution in [0.3, 0.4) is 0 Å². The van der Waals surface area contributed by atoms with Crippen molar-refractivity contribution in [2.45, 2.75) is 64.3 Å². The second kappa shape index (κ2) is 8.31. The highest BCUT2D eigenvalue weighted by Gasteiger charge is 2.16. The highest BCUT2D eigenvalue weighted by molar-refractivity contribution is 5.05. The zero-order valence-corrected chi connectivity index (χ0v) is 12.3. The van der Waals surface area contributed by atoms with Crippen molar-refractivity contribution < 1.29 is 0 Å². The summed E-state index contributed by atoms with van der Waals surface area (Å²) in [4.78, 5) is 4.46. The molecule has 19 heavy (non-hydrogen) atoms. The molecule has 0 amide bonds. The summed E-state index contributed by atoms with van der Waals surface area (Å²) in [5.41, 5.74) is 1.22. The van der Waals surface area contributed by atoms with E-state index in [4.69, 9.17) is 0 Å². The predicted octanol–water partition coefficient (Wildman–Crippen LogP) is 3.96. The van der Waals surface area contributed by atoms with Gasteiger partial charge in [-0.05, 0) is 37.4 Å². The van der Waals surface area contributed by atoms with E-state index in [2.05, 4.69) is 29.4 Å². The van der Waals surface area contributed by atoms with E-state index in [-0.39, 0.29) is 0 Å². The van der Waals surface area contributed by atoms with Crippen molar-refractivity contribution in [1.82, 2.24) is 10.3 Å². The summed E-state index contributed by atoms with van der Waals surface area (Å²) in [6.45, 7) is 3.26. The van der Waals surface area contributed by atoms with Crippen molar-refractivity contribution in [3.8, 4) is 0 Å². The number of nitrogens with one attached hydrogen (secondary N) is 1. The fourth-order valence-corrected chi connectivity index (χ4v) is 3.25. The summed E-state index contributed by atoms with van der Waals surface area (Å²) >= 11 is 0. The molecule has 2 nitrogen and oxygen atoms in total. The van der Waals surface area contributed by atoms with Crippen LogP contribution in [0.1, 0.15) is 57.6 Å². The average molecular weight is 260 g/mol. The van der Waals surface area contributed by atoms with E-state index in [0.29, 0.717) is 6.04 Å². The maximum absolute atomic E-state index is 4.46. The molecule has 1 atom stereocenters. The molecule has 1 aliphatic rings. The lowest BCUT2D eigenvalue weighted by Crippen LogP contribution is -2.32. The summed E-state index contributed by atoms with van der Waals surface area (Å²) in [5, 5.41) is 3.63. The SMILES string of the molecule is CCNC(CCC1CCCCC1)Cc1ccccn1. The molecule has 2 rings (SSSR count). The number of aromatic nitrogens is 1. The van der Waals surface area contributed by atoms with Crippen molar-refractivity contribution in [2.75, 3.05) is 6.54 Å². The third-order valence-corrected chi connectivity index (χ3v) is 4.32. The van der Waals surface area contributed by atoms with Gasteiger partial charge in [-0.3, -0.25) is 4.98 Å². The number of pyridine rings is 1. The maximum atomic E-state index is 4.46. The quantitative estimate of drug-likeness (QED) is 0.802. The van der Waals surface area contributed by atoms with Gasteiger partial charge in [-0.15, -0.1) is 0 Å². The van der Waals surface area contributed by atoms with Crippen LogP contribution in [0.2, 0.25) is 0 Å². The molecule has 106 valence electrons. The Kier molecular flexibility index (Phi) is 6.35. The van der Waals surface area contributed by atoms with Gasteiger partial charge in [0.1, 0.15) is 0 Å². The van der Waals surface area contributed by atoms with Gasteiger partial charge in [0.25, 0.3) is 0 Å². The normalized spacial score (nSPS) is 18.4. The zero-order chi connectivity index (χ0) is 13.3. The lowest BCUT2D eigenvalue weighted by Gasteiger charge is -2.24. The van der Waals surface area contributed by atoms with E-state index in [0.717, 1.165) is 18.9 Å². The molecule has 1 unspecified atom stereocenters. The molecular weight excluding hydrogens is 232 g/mol. The Hall–Kier alpha value is -0.890. The smallest absolute Gasteiger partial charge is 0.0419 e. The minimum Gasteiger partial charge on any atom is -0.314 e. The van der Waals surface area contributed by atoms with E-state index in [9.17, 15) is 0 Å². The van der Waals surface area contributed by atoms with Crippen molar-refractivity contribution in [3.63, 3.8) is 0 Å². The molecule has 1 fully saturated rings. The first-order valence-corrected chi connectivity index (χ1v) is 8.01. The lowest BCUT2D eigenvalue weighted by atomic mass is 9.85. The van der Waals surface area contributed by atoms with Gasteiger partial charge in [-0.1, -0.05) is 45.1 Å². The number of rotatable bonds is 7. The highest BCUT2D eigenvalue weighted by atomic mass is 14.9. The van der Waals surface area contributed by atoms with Crippen LogP contribution in [0.4, 0.5) is 0 Å². The summed E-state index contributed by atoms with van der Waals surface area (Å²) in [6.07, 6.45) is 13.0. The Bertz CT molecular complexity index is 330. The minimum atomic E-state index is 0.599. The fraction of sp³-hybridized carbons (Fsp3) is 0.706. The number of nitrogens with zero attached hydrogens (tertiary/aromatic N) is 1. The first-order chi connectivity index (χ1) is 9.38. The number of hydrogen-bond acceptors (Lipinski definition) is 2. The molecule has 0 aliphatic heterocycles.